The van der Waals surface area contributed by atoms with Crippen molar-refractivity contribution in [3.63, 3.8) is 0 Å². The fraction of sp³-hybridized carbons (Fsp3) is 0.538. The summed E-state index contributed by atoms with van der Waals surface area (Å²) in [5, 5.41) is 0. The average molecular weight is 172 g/mol. The number of fused-ring (bicyclic) bond motifs is 1. The van der Waals surface area contributed by atoms with Crippen LogP contribution in [0.1, 0.15) is 26.3 Å². The predicted molar refractivity (Wildman–Crippen MR) is 54.6 cm³/mol. The molecular weight excluding hydrogens is 156 g/mol. The van der Waals surface area contributed by atoms with Gasteiger partial charge in [0.25, 0.3) is 0 Å². The first-order chi connectivity index (χ1) is 6.13. The fourth-order valence-electron chi connectivity index (χ4n) is 4.04. The van der Waals surface area contributed by atoms with Crippen molar-refractivity contribution < 1.29 is 0 Å². The molecule has 0 aliphatic heterocycles. The summed E-state index contributed by atoms with van der Waals surface area (Å²) in [5.41, 5.74) is 2.71. The van der Waals surface area contributed by atoms with Crippen LogP contribution in [0.4, 0.5) is 0 Å². The molecule has 13 heavy (non-hydrogen) atoms. The zero-order valence-corrected chi connectivity index (χ0v) is 8.54. The maximum absolute atomic E-state index is 2.41. The van der Waals surface area contributed by atoms with Crippen molar-refractivity contribution >= 4 is 0 Å². The van der Waals surface area contributed by atoms with Crippen LogP contribution in [0.3, 0.4) is 0 Å². The largest absolute Gasteiger partial charge is 0.0622 e. The Kier molecular flexibility index (Phi) is 1.08. The van der Waals surface area contributed by atoms with Crippen LogP contribution in [0.5, 0.6) is 0 Å². The third-order valence-electron chi connectivity index (χ3n) is 4.61. The summed E-state index contributed by atoms with van der Waals surface area (Å²) in [6.45, 7) is 7.21. The summed E-state index contributed by atoms with van der Waals surface area (Å²) < 4.78 is 0. The lowest BCUT2D eigenvalue weighted by Crippen LogP contribution is -2.17. The topological polar surface area (TPSA) is 0 Å². The number of hydrogen-bond acceptors (Lipinski definition) is 0. The monoisotopic (exact) mass is 172 g/mol. The second kappa shape index (κ2) is 1.84. The summed E-state index contributed by atoms with van der Waals surface area (Å²) in [6, 6.07) is 11.0. The van der Waals surface area contributed by atoms with E-state index in [1.54, 1.807) is 5.56 Å². The van der Waals surface area contributed by atoms with E-state index < -0.39 is 0 Å². The van der Waals surface area contributed by atoms with Crippen molar-refractivity contribution in [1.29, 1.82) is 0 Å². The Bertz CT molecular complexity index is 350. The van der Waals surface area contributed by atoms with Gasteiger partial charge in [0.1, 0.15) is 0 Å². The Labute approximate surface area is 80.0 Å². The SMILES string of the molecule is C[C@@H]1[C@H]2C(C)(C)[C@@]12c1ccccc1. The van der Waals surface area contributed by atoms with Gasteiger partial charge in [-0.1, -0.05) is 51.1 Å². The normalized spacial score (nSPS) is 43.9. The van der Waals surface area contributed by atoms with E-state index in [1.807, 2.05) is 0 Å². The molecule has 0 amide bonds. The molecule has 1 aromatic carbocycles. The number of hydrogen-bond donors (Lipinski definition) is 0. The molecular formula is C13H16. The highest BCUT2D eigenvalue weighted by Gasteiger charge is 2.89. The zero-order valence-electron chi connectivity index (χ0n) is 8.54. The molecule has 0 unspecified atom stereocenters. The van der Waals surface area contributed by atoms with Gasteiger partial charge in [0.15, 0.2) is 0 Å². The molecule has 2 aliphatic rings. The van der Waals surface area contributed by atoms with Crippen LogP contribution in [0.15, 0.2) is 30.3 Å². The summed E-state index contributed by atoms with van der Waals surface area (Å²) in [5.74, 6) is 1.88. The Hall–Kier alpha value is -0.780. The van der Waals surface area contributed by atoms with Gasteiger partial charge in [-0.2, -0.15) is 0 Å². The van der Waals surface area contributed by atoms with Gasteiger partial charge in [-0.15, -0.1) is 0 Å². The van der Waals surface area contributed by atoms with Gasteiger partial charge in [0.05, 0.1) is 0 Å². The van der Waals surface area contributed by atoms with E-state index in [4.69, 9.17) is 0 Å². The molecule has 0 nitrogen and oxygen atoms in total. The summed E-state index contributed by atoms with van der Waals surface area (Å²) >= 11 is 0. The minimum Gasteiger partial charge on any atom is -0.0622 e. The Morgan fingerprint density at radius 2 is 1.69 bits per heavy atom. The van der Waals surface area contributed by atoms with Gasteiger partial charge in [-0.3, -0.25) is 0 Å². The maximum Gasteiger partial charge on any atom is 0.00724 e. The van der Waals surface area contributed by atoms with Crippen molar-refractivity contribution in [3.8, 4) is 0 Å². The van der Waals surface area contributed by atoms with Gasteiger partial charge >= 0.3 is 0 Å². The first-order valence-electron chi connectivity index (χ1n) is 5.19. The van der Waals surface area contributed by atoms with Crippen LogP contribution in [0, 0.1) is 17.3 Å². The first-order valence-corrected chi connectivity index (χ1v) is 5.19. The van der Waals surface area contributed by atoms with Crippen LogP contribution in [-0.2, 0) is 5.41 Å². The summed E-state index contributed by atoms with van der Waals surface area (Å²) in [6.07, 6.45) is 0. The molecule has 3 rings (SSSR count). The molecule has 3 atom stereocenters. The van der Waals surface area contributed by atoms with E-state index in [0.29, 0.717) is 10.8 Å². The molecule has 0 saturated heterocycles. The van der Waals surface area contributed by atoms with Crippen LogP contribution in [-0.4, -0.2) is 0 Å². The van der Waals surface area contributed by atoms with Crippen LogP contribution < -0.4 is 0 Å². The van der Waals surface area contributed by atoms with E-state index in [-0.39, 0.29) is 0 Å². The van der Waals surface area contributed by atoms with Gasteiger partial charge in [0, 0.05) is 5.41 Å². The molecule has 0 aromatic heterocycles. The van der Waals surface area contributed by atoms with Gasteiger partial charge in [-0.05, 0) is 22.8 Å². The third-order valence-corrected chi connectivity index (χ3v) is 4.61. The second-order valence-electron chi connectivity index (χ2n) is 5.22. The van der Waals surface area contributed by atoms with Gasteiger partial charge in [0.2, 0.25) is 0 Å². The lowest BCUT2D eigenvalue weighted by molar-refractivity contribution is 0.348. The van der Waals surface area contributed by atoms with Crippen LogP contribution in [0.25, 0.3) is 0 Å². The van der Waals surface area contributed by atoms with Crippen molar-refractivity contribution in [2.45, 2.75) is 26.2 Å². The maximum atomic E-state index is 2.41. The standard InChI is InChI=1S/C13H16/c1-9-11-12(2,3)13(9,11)10-7-5-4-6-8-10/h4-9,11H,1-3H3/t9-,11+,13-/m1/s1. The molecule has 0 spiro atoms. The Balaban J connectivity index is 2.05. The van der Waals surface area contributed by atoms with Gasteiger partial charge in [-0.25, -0.2) is 0 Å². The lowest BCUT2D eigenvalue weighted by Gasteiger charge is -2.22. The summed E-state index contributed by atoms with van der Waals surface area (Å²) in [7, 11) is 0. The van der Waals surface area contributed by atoms with Crippen molar-refractivity contribution in [3.05, 3.63) is 35.9 Å². The molecule has 68 valence electrons. The molecule has 2 saturated carbocycles. The van der Waals surface area contributed by atoms with E-state index in [2.05, 4.69) is 51.1 Å². The molecule has 2 aliphatic carbocycles. The minimum atomic E-state index is 0.564. The smallest absolute Gasteiger partial charge is 0.00724 e. The number of benzene rings is 1. The highest BCUT2D eigenvalue weighted by molar-refractivity contribution is 5.53. The van der Waals surface area contributed by atoms with Crippen molar-refractivity contribution in [2.75, 3.05) is 0 Å². The molecule has 0 heterocycles. The average Bonchev–Trinajstić information content (AvgIpc) is 2.92. The first kappa shape index (κ1) is 7.61. The number of rotatable bonds is 1. The molecule has 0 radical (unpaired) electrons. The van der Waals surface area contributed by atoms with E-state index >= 15 is 0 Å². The molecule has 0 N–H and O–H groups in total. The Morgan fingerprint density at radius 1 is 1.08 bits per heavy atom. The molecule has 2 fully saturated rings. The van der Waals surface area contributed by atoms with Crippen LogP contribution in [0.2, 0.25) is 0 Å². The Morgan fingerprint density at radius 3 is 2.08 bits per heavy atom. The second-order valence-corrected chi connectivity index (χ2v) is 5.22. The van der Waals surface area contributed by atoms with Gasteiger partial charge < -0.3 is 0 Å². The van der Waals surface area contributed by atoms with E-state index in [0.717, 1.165) is 11.8 Å². The molecule has 0 heteroatoms. The van der Waals surface area contributed by atoms with E-state index in [9.17, 15) is 0 Å². The predicted octanol–water partition coefficient (Wildman–Crippen LogP) is 3.23. The van der Waals surface area contributed by atoms with E-state index in [1.165, 1.54) is 0 Å². The lowest BCUT2D eigenvalue weighted by atomic mass is 9.82. The van der Waals surface area contributed by atoms with Crippen LogP contribution >= 0.6 is 0 Å². The molecule has 0 bridgehead atoms. The zero-order chi connectivity index (χ0) is 9.27. The quantitative estimate of drug-likeness (QED) is 0.610. The summed E-state index contributed by atoms with van der Waals surface area (Å²) in [4.78, 5) is 0. The third kappa shape index (κ3) is 0.590. The molecule has 1 aromatic rings. The van der Waals surface area contributed by atoms with Crippen molar-refractivity contribution in [1.82, 2.24) is 0 Å². The fourth-order valence-corrected chi connectivity index (χ4v) is 4.04. The highest BCUT2D eigenvalue weighted by atomic mass is 14.9. The highest BCUT2D eigenvalue weighted by Crippen LogP contribution is 2.90. The van der Waals surface area contributed by atoms with Crippen molar-refractivity contribution in [2.24, 2.45) is 17.3 Å². The minimum absolute atomic E-state index is 0.564.